The third-order valence-electron chi connectivity index (χ3n) is 4.62. The quantitative estimate of drug-likeness (QED) is 0.894. The van der Waals surface area contributed by atoms with Crippen molar-refractivity contribution in [2.45, 2.75) is 60.0 Å². The van der Waals surface area contributed by atoms with Gasteiger partial charge in [0.15, 0.2) is 0 Å². The van der Waals surface area contributed by atoms with Crippen molar-refractivity contribution in [1.82, 2.24) is 10.3 Å². The smallest absolute Gasteiger partial charge is 0.0445 e. The molecule has 0 radical (unpaired) electrons. The van der Waals surface area contributed by atoms with Crippen LogP contribution in [0.1, 0.15) is 51.8 Å². The van der Waals surface area contributed by atoms with Gasteiger partial charge in [0.1, 0.15) is 0 Å². The molecule has 1 aromatic rings. The van der Waals surface area contributed by atoms with Crippen LogP contribution in [0.15, 0.2) is 12.3 Å². The molecule has 1 fully saturated rings. The van der Waals surface area contributed by atoms with E-state index in [1.165, 1.54) is 37.2 Å². The first-order valence-electron chi connectivity index (χ1n) is 8.41. The van der Waals surface area contributed by atoms with E-state index in [4.69, 9.17) is 0 Å². The molecule has 1 aromatic heterocycles. The Labute approximate surface area is 130 Å². The molecule has 3 heteroatoms. The molecule has 2 heterocycles. The summed E-state index contributed by atoms with van der Waals surface area (Å²) in [5.41, 5.74) is 3.83. The molecule has 1 saturated heterocycles. The van der Waals surface area contributed by atoms with Crippen LogP contribution in [0, 0.1) is 18.8 Å². The Hall–Kier alpha value is -1.09. The molecule has 0 saturated carbocycles. The molecule has 1 N–H and O–H groups in total. The van der Waals surface area contributed by atoms with Crippen LogP contribution in [-0.4, -0.2) is 24.1 Å². The Morgan fingerprint density at radius 2 is 1.90 bits per heavy atom. The lowest BCUT2D eigenvalue weighted by Gasteiger charge is -2.36. The number of piperidine rings is 1. The highest BCUT2D eigenvalue weighted by Gasteiger charge is 2.23. The van der Waals surface area contributed by atoms with E-state index in [0.29, 0.717) is 6.04 Å². The van der Waals surface area contributed by atoms with E-state index < -0.39 is 0 Å². The summed E-state index contributed by atoms with van der Waals surface area (Å²) >= 11 is 0. The maximum atomic E-state index is 4.49. The van der Waals surface area contributed by atoms with Crippen LogP contribution in [0.2, 0.25) is 0 Å². The summed E-state index contributed by atoms with van der Waals surface area (Å²) in [6, 6.07) is 2.76. The van der Waals surface area contributed by atoms with E-state index in [0.717, 1.165) is 24.1 Å². The zero-order valence-electron chi connectivity index (χ0n) is 14.3. The molecule has 0 atom stereocenters. The van der Waals surface area contributed by atoms with Gasteiger partial charge >= 0.3 is 0 Å². The molecule has 1 aliphatic heterocycles. The van der Waals surface area contributed by atoms with Gasteiger partial charge in [-0.15, -0.1) is 0 Å². The third-order valence-corrected chi connectivity index (χ3v) is 4.62. The van der Waals surface area contributed by atoms with E-state index in [9.17, 15) is 0 Å². The van der Waals surface area contributed by atoms with Gasteiger partial charge in [0, 0.05) is 48.8 Å². The molecular formula is C18H31N3. The van der Waals surface area contributed by atoms with Gasteiger partial charge in [-0.05, 0) is 37.7 Å². The largest absolute Gasteiger partial charge is 0.371 e. The molecule has 0 bridgehead atoms. The maximum absolute atomic E-state index is 4.49. The number of nitrogens with zero attached hydrogens (tertiary/aromatic N) is 2. The molecule has 118 valence electrons. The number of anilines is 1. The normalized spacial score (nSPS) is 17.0. The van der Waals surface area contributed by atoms with Gasteiger partial charge < -0.3 is 10.2 Å². The standard InChI is InChI=1S/C18H31N3/c1-13(2)16-6-8-21(9-7-16)18-10-15(5)20-12-17(18)11-19-14(3)4/h10,12-14,16,19H,6-9,11H2,1-5H3. The van der Waals surface area contributed by atoms with Gasteiger partial charge in [0.25, 0.3) is 0 Å². The van der Waals surface area contributed by atoms with Crippen LogP contribution in [0.3, 0.4) is 0 Å². The van der Waals surface area contributed by atoms with Crippen molar-refractivity contribution in [3.8, 4) is 0 Å². The van der Waals surface area contributed by atoms with Gasteiger partial charge in [-0.2, -0.15) is 0 Å². The second-order valence-electron chi connectivity index (χ2n) is 7.06. The predicted molar refractivity (Wildman–Crippen MR) is 90.7 cm³/mol. The van der Waals surface area contributed by atoms with E-state index in [2.05, 4.69) is 62.1 Å². The lowest BCUT2D eigenvalue weighted by molar-refractivity contribution is 0.311. The molecule has 0 spiro atoms. The van der Waals surface area contributed by atoms with Gasteiger partial charge in [-0.1, -0.05) is 27.7 Å². The molecule has 3 nitrogen and oxygen atoms in total. The summed E-state index contributed by atoms with van der Waals surface area (Å²) in [4.78, 5) is 7.05. The van der Waals surface area contributed by atoms with E-state index in [1.54, 1.807) is 0 Å². The Balaban J connectivity index is 2.09. The fourth-order valence-corrected chi connectivity index (χ4v) is 3.13. The summed E-state index contributed by atoms with van der Waals surface area (Å²) in [7, 11) is 0. The van der Waals surface area contributed by atoms with E-state index >= 15 is 0 Å². The van der Waals surface area contributed by atoms with E-state index in [1.807, 2.05) is 0 Å². The molecule has 1 aliphatic rings. The van der Waals surface area contributed by atoms with Gasteiger partial charge in [-0.3, -0.25) is 4.98 Å². The Morgan fingerprint density at radius 1 is 1.24 bits per heavy atom. The molecule has 0 aliphatic carbocycles. The Morgan fingerprint density at radius 3 is 2.48 bits per heavy atom. The second kappa shape index (κ2) is 7.26. The number of hydrogen-bond acceptors (Lipinski definition) is 3. The fraction of sp³-hybridized carbons (Fsp3) is 0.722. The fourth-order valence-electron chi connectivity index (χ4n) is 3.13. The predicted octanol–water partition coefficient (Wildman–Crippen LogP) is 3.76. The zero-order valence-corrected chi connectivity index (χ0v) is 14.3. The van der Waals surface area contributed by atoms with Crippen molar-refractivity contribution in [2.24, 2.45) is 11.8 Å². The van der Waals surface area contributed by atoms with Gasteiger partial charge in [0.2, 0.25) is 0 Å². The number of nitrogens with one attached hydrogen (secondary N) is 1. The summed E-state index contributed by atoms with van der Waals surface area (Å²) < 4.78 is 0. The zero-order chi connectivity index (χ0) is 15.4. The summed E-state index contributed by atoms with van der Waals surface area (Å²) in [6.07, 6.45) is 4.68. The molecule has 0 aromatic carbocycles. The van der Waals surface area contributed by atoms with Crippen molar-refractivity contribution in [3.05, 3.63) is 23.5 Å². The van der Waals surface area contributed by atoms with Gasteiger partial charge in [-0.25, -0.2) is 0 Å². The third kappa shape index (κ3) is 4.44. The molecule has 0 unspecified atom stereocenters. The molecule has 21 heavy (non-hydrogen) atoms. The van der Waals surface area contributed by atoms with Crippen molar-refractivity contribution in [2.75, 3.05) is 18.0 Å². The lowest BCUT2D eigenvalue weighted by Crippen LogP contribution is -2.36. The minimum Gasteiger partial charge on any atom is -0.371 e. The molecular weight excluding hydrogens is 258 g/mol. The number of aryl methyl sites for hydroxylation is 1. The average molecular weight is 289 g/mol. The highest BCUT2D eigenvalue weighted by atomic mass is 15.1. The van der Waals surface area contributed by atoms with Crippen molar-refractivity contribution in [1.29, 1.82) is 0 Å². The minimum absolute atomic E-state index is 0.505. The number of hydrogen-bond donors (Lipinski definition) is 1. The van der Waals surface area contributed by atoms with Crippen molar-refractivity contribution in [3.63, 3.8) is 0 Å². The average Bonchev–Trinajstić information content (AvgIpc) is 2.46. The molecule has 0 amide bonds. The van der Waals surface area contributed by atoms with Crippen LogP contribution < -0.4 is 10.2 Å². The first kappa shape index (κ1) is 16.3. The van der Waals surface area contributed by atoms with Crippen LogP contribution >= 0.6 is 0 Å². The number of rotatable bonds is 5. The Kier molecular flexibility index (Phi) is 5.63. The monoisotopic (exact) mass is 289 g/mol. The highest BCUT2D eigenvalue weighted by molar-refractivity contribution is 5.54. The summed E-state index contributed by atoms with van der Waals surface area (Å²) in [5.74, 6) is 1.70. The minimum atomic E-state index is 0.505. The summed E-state index contributed by atoms with van der Waals surface area (Å²) in [5, 5.41) is 3.52. The maximum Gasteiger partial charge on any atom is 0.0445 e. The van der Waals surface area contributed by atoms with Crippen LogP contribution in [0.5, 0.6) is 0 Å². The van der Waals surface area contributed by atoms with Crippen LogP contribution in [0.4, 0.5) is 5.69 Å². The van der Waals surface area contributed by atoms with Crippen LogP contribution in [-0.2, 0) is 6.54 Å². The first-order valence-corrected chi connectivity index (χ1v) is 8.41. The topological polar surface area (TPSA) is 28.2 Å². The number of pyridine rings is 1. The SMILES string of the molecule is Cc1cc(N2CCC(C(C)C)CC2)c(CNC(C)C)cn1. The number of aromatic nitrogens is 1. The van der Waals surface area contributed by atoms with Gasteiger partial charge in [0.05, 0.1) is 0 Å². The van der Waals surface area contributed by atoms with Crippen molar-refractivity contribution < 1.29 is 0 Å². The lowest BCUT2D eigenvalue weighted by atomic mass is 9.86. The van der Waals surface area contributed by atoms with Crippen molar-refractivity contribution >= 4 is 5.69 Å². The first-order chi connectivity index (χ1) is 9.97. The Bertz CT molecular complexity index is 446. The summed E-state index contributed by atoms with van der Waals surface area (Å²) in [6.45, 7) is 14.4. The van der Waals surface area contributed by atoms with Crippen LogP contribution in [0.25, 0.3) is 0 Å². The van der Waals surface area contributed by atoms with E-state index in [-0.39, 0.29) is 0 Å². The molecule has 2 rings (SSSR count). The highest BCUT2D eigenvalue weighted by Crippen LogP contribution is 2.29. The second-order valence-corrected chi connectivity index (χ2v) is 7.06.